The number of aromatic nitrogens is 1. The third kappa shape index (κ3) is 3.53. The van der Waals surface area contributed by atoms with Crippen molar-refractivity contribution in [3.8, 4) is 5.75 Å². The van der Waals surface area contributed by atoms with Crippen molar-refractivity contribution < 1.29 is 9.84 Å². The number of nitrogens with zero attached hydrogens (tertiary/aromatic N) is 1. The molecule has 3 N–H and O–H groups in total. The minimum atomic E-state index is 0.0887. The number of para-hydroxylation sites is 1. The molecule has 5 heteroatoms. The molecule has 4 nitrogen and oxygen atoms in total. The normalized spacial score (nSPS) is 10.2. The van der Waals surface area contributed by atoms with Gasteiger partial charge in [0.1, 0.15) is 23.0 Å². The van der Waals surface area contributed by atoms with Crippen LogP contribution in [0.2, 0.25) is 0 Å². The molecule has 0 saturated carbocycles. The van der Waals surface area contributed by atoms with Crippen LogP contribution in [0.1, 0.15) is 16.8 Å². The van der Waals surface area contributed by atoms with E-state index in [0.29, 0.717) is 18.7 Å². The minimum absolute atomic E-state index is 0.0887. The first kappa shape index (κ1) is 14.4. The lowest BCUT2D eigenvalue weighted by molar-refractivity contribution is 0.283. The second-order valence-electron chi connectivity index (χ2n) is 4.25. The number of aliphatic hydroxyl groups is 1. The van der Waals surface area contributed by atoms with Gasteiger partial charge in [-0.25, -0.2) is 0 Å². The lowest BCUT2D eigenvalue weighted by Crippen LogP contribution is -2.15. The van der Waals surface area contributed by atoms with Gasteiger partial charge in [0.15, 0.2) is 0 Å². The summed E-state index contributed by atoms with van der Waals surface area (Å²) in [4.78, 5) is 4.42. The van der Waals surface area contributed by atoms with Crippen molar-refractivity contribution in [2.75, 3.05) is 6.61 Å². The highest BCUT2D eigenvalue weighted by atomic mass is 32.1. The summed E-state index contributed by atoms with van der Waals surface area (Å²) in [5.74, 6) is 0.749. The number of aliphatic hydroxyl groups excluding tert-OH is 1. The second kappa shape index (κ2) is 6.98. The molecule has 0 saturated heterocycles. The Labute approximate surface area is 123 Å². The van der Waals surface area contributed by atoms with Gasteiger partial charge in [0, 0.05) is 18.4 Å². The summed E-state index contributed by atoms with van der Waals surface area (Å²) in [6.45, 7) is 0.425. The summed E-state index contributed by atoms with van der Waals surface area (Å²) < 4.78 is 5.80. The van der Waals surface area contributed by atoms with Crippen molar-refractivity contribution in [2.24, 2.45) is 5.73 Å². The third-order valence-electron chi connectivity index (χ3n) is 2.86. The largest absolute Gasteiger partial charge is 0.489 e. The Morgan fingerprint density at radius 2 is 1.95 bits per heavy atom. The monoisotopic (exact) mass is 288 g/mol. The molecule has 0 aliphatic heterocycles. The lowest BCUT2D eigenvalue weighted by atomic mass is 10.1. The van der Waals surface area contributed by atoms with E-state index in [4.69, 9.17) is 27.8 Å². The molecule has 0 bridgehead atoms. The van der Waals surface area contributed by atoms with Crippen LogP contribution in [0, 0.1) is 0 Å². The van der Waals surface area contributed by atoms with E-state index in [0.717, 1.165) is 16.9 Å². The Bertz CT molecular complexity index is 602. The number of rotatable bonds is 6. The lowest BCUT2D eigenvalue weighted by Gasteiger charge is -2.12. The summed E-state index contributed by atoms with van der Waals surface area (Å²) in [5.41, 5.74) is 8.04. The average molecular weight is 288 g/mol. The summed E-state index contributed by atoms with van der Waals surface area (Å²) in [6.07, 6.45) is 2.21. The van der Waals surface area contributed by atoms with E-state index in [-0.39, 0.29) is 11.6 Å². The topological polar surface area (TPSA) is 68.4 Å². The van der Waals surface area contributed by atoms with Gasteiger partial charge in [0.2, 0.25) is 0 Å². The number of hydrogen-bond acceptors (Lipinski definition) is 4. The van der Waals surface area contributed by atoms with E-state index in [1.165, 1.54) is 0 Å². The molecule has 0 radical (unpaired) electrons. The molecule has 0 atom stereocenters. The van der Waals surface area contributed by atoms with Gasteiger partial charge in [-0.2, -0.15) is 0 Å². The zero-order valence-electron chi connectivity index (χ0n) is 11.0. The fourth-order valence-electron chi connectivity index (χ4n) is 1.90. The predicted molar refractivity (Wildman–Crippen MR) is 81.7 cm³/mol. The maximum Gasteiger partial charge on any atom is 0.123 e. The number of pyridine rings is 1. The van der Waals surface area contributed by atoms with Gasteiger partial charge < -0.3 is 15.6 Å². The average Bonchev–Trinajstić information content (AvgIpc) is 2.47. The fraction of sp³-hybridized carbons (Fsp3) is 0.200. The van der Waals surface area contributed by atoms with Crippen LogP contribution in [0.4, 0.5) is 0 Å². The SMILES string of the molecule is NC(=S)c1ncccc1COc1ccccc1CCO. The number of hydrogen-bond donors (Lipinski definition) is 2. The van der Waals surface area contributed by atoms with Crippen LogP contribution in [0.15, 0.2) is 42.6 Å². The Hall–Kier alpha value is -1.98. The van der Waals surface area contributed by atoms with Gasteiger partial charge in [-0.1, -0.05) is 36.5 Å². The van der Waals surface area contributed by atoms with Crippen molar-refractivity contribution in [1.29, 1.82) is 0 Å². The molecule has 0 amide bonds. The molecular formula is C15H16N2O2S. The molecule has 0 spiro atoms. The summed E-state index contributed by atoms with van der Waals surface area (Å²) >= 11 is 4.97. The highest BCUT2D eigenvalue weighted by Crippen LogP contribution is 2.20. The maximum atomic E-state index is 9.05. The highest BCUT2D eigenvalue weighted by Gasteiger charge is 2.08. The third-order valence-corrected chi connectivity index (χ3v) is 3.05. The van der Waals surface area contributed by atoms with Gasteiger partial charge >= 0.3 is 0 Å². The van der Waals surface area contributed by atoms with Crippen LogP contribution >= 0.6 is 12.2 Å². The zero-order valence-corrected chi connectivity index (χ0v) is 11.8. The van der Waals surface area contributed by atoms with Crippen LogP contribution in [0.25, 0.3) is 0 Å². The van der Waals surface area contributed by atoms with Gasteiger partial charge in [0.25, 0.3) is 0 Å². The van der Waals surface area contributed by atoms with E-state index in [1.807, 2.05) is 36.4 Å². The molecular weight excluding hydrogens is 272 g/mol. The number of benzene rings is 1. The molecule has 0 unspecified atom stereocenters. The molecule has 2 aromatic rings. The predicted octanol–water partition coefficient (Wildman–Crippen LogP) is 1.83. The minimum Gasteiger partial charge on any atom is -0.489 e. The molecule has 0 aliphatic rings. The van der Waals surface area contributed by atoms with Gasteiger partial charge in [-0.3, -0.25) is 4.98 Å². The molecule has 1 heterocycles. The van der Waals surface area contributed by atoms with Crippen LogP contribution in [0.5, 0.6) is 5.75 Å². The van der Waals surface area contributed by atoms with Crippen molar-refractivity contribution in [3.63, 3.8) is 0 Å². The maximum absolute atomic E-state index is 9.05. The van der Waals surface area contributed by atoms with Crippen LogP contribution in [-0.2, 0) is 13.0 Å². The van der Waals surface area contributed by atoms with Gasteiger partial charge in [-0.15, -0.1) is 0 Å². The summed E-state index contributed by atoms with van der Waals surface area (Å²) in [6, 6.07) is 11.3. The molecule has 0 aliphatic carbocycles. The van der Waals surface area contributed by atoms with Crippen LogP contribution in [-0.4, -0.2) is 21.7 Å². The number of ether oxygens (including phenoxy) is 1. The van der Waals surface area contributed by atoms with Crippen molar-refractivity contribution in [1.82, 2.24) is 4.98 Å². The molecule has 1 aromatic carbocycles. The van der Waals surface area contributed by atoms with Gasteiger partial charge in [0.05, 0.1) is 0 Å². The molecule has 0 fully saturated rings. The summed E-state index contributed by atoms with van der Waals surface area (Å²) in [7, 11) is 0. The second-order valence-corrected chi connectivity index (χ2v) is 4.69. The van der Waals surface area contributed by atoms with E-state index in [9.17, 15) is 0 Å². The van der Waals surface area contributed by atoms with E-state index >= 15 is 0 Å². The smallest absolute Gasteiger partial charge is 0.123 e. The fourth-order valence-corrected chi connectivity index (χ4v) is 2.09. The van der Waals surface area contributed by atoms with E-state index in [2.05, 4.69) is 4.98 Å². The standard InChI is InChI=1S/C15H16N2O2S/c16-15(20)14-12(5-3-8-17-14)10-19-13-6-2-1-4-11(13)7-9-18/h1-6,8,18H,7,9-10H2,(H2,16,20). The first-order valence-electron chi connectivity index (χ1n) is 6.27. The van der Waals surface area contributed by atoms with E-state index in [1.54, 1.807) is 6.20 Å². The Balaban J connectivity index is 2.15. The first-order chi connectivity index (χ1) is 9.72. The van der Waals surface area contributed by atoms with Crippen LogP contribution < -0.4 is 10.5 Å². The van der Waals surface area contributed by atoms with Crippen LogP contribution in [0.3, 0.4) is 0 Å². The highest BCUT2D eigenvalue weighted by molar-refractivity contribution is 7.80. The first-order valence-corrected chi connectivity index (χ1v) is 6.68. The molecule has 20 heavy (non-hydrogen) atoms. The number of nitrogens with two attached hydrogens (primary N) is 1. The quantitative estimate of drug-likeness (QED) is 0.794. The van der Waals surface area contributed by atoms with Crippen molar-refractivity contribution >= 4 is 17.2 Å². The van der Waals surface area contributed by atoms with Crippen molar-refractivity contribution in [3.05, 3.63) is 59.4 Å². The Morgan fingerprint density at radius 1 is 1.20 bits per heavy atom. The van der Waals surface area contributed by atoms with Crippen molar-refractivity contribution in [2.45, 2.75) is 13.0 Å². The van der Waals surface area contributed by atoms with E-state index < -0.39 is 0 Å². The molecule has 2 rings (SSSR count). The Morgan fingerprint density at radius 3 is 2.70 bits per heavy atom. The van der Waals surface area contributed by atoms with Gasteiger partial charge in [-0.05, 0) is 24.1 Å². The zero-order chi connectivity index (χ0) is 14.4. The molecule has 1 aromatic heterocycles. The molecule has 104 valence electrons. The number of thiocarbonyl (C=S) groups is 1. The Kier molecular flexibility index (Phi) is 5.03. The summed E-state index contributed by atoms with van der Waals surface area (Å²) in [5, 5.41) is 9.05.